The zero-order chi connectivity index (χ0) is 22.6. The molecule has 5 heteroatoms. The van der Waals surface area contributed by atoms with Gasteiger partial charge in [-0.15, -0.1) is 10.9 Å². The fourth-order valence-electron chi connectivity index (χ4n) is 4.60. The van der Waals surface area contributed by atoms with Crippen LogP contribution in [0.25, 0.3) is 38.5 Å². The molecule has 0 saturated carbocycles. The van der Waals surface area contributed by atoms with Crippen LogP contribution in [0.4, 0.5) is 0 Å². The van der Waals surface area contributed by atoms with Crippen LogP contribution in [-0.2, 0) is 26.5 Å². The normalized spacial score (nSPS) is 11.7. The van der Waals surface area contributed by atoms with E-state index in [1.807, 2.05) is 48.7 Å². The van der Waals surface area contributed by atoms with E-state index in [1.165, 1.54) is 5.39 Å². The Bertz CT molecular complexity index is 1660. The van der Waals surface area contributed by atoms with Gasteiger partial charge in [-0.1, -0.05) is 61.8 Å². The molecule has 0 aliphatic heterocycles. The molecular weight excluding hydrogens is 601 g/mol. The van der Waals surface area contributed by atoms with Crippen molar-refractivity contribution < 1.29 is 26.2 Å². The smallest absolute Gasteiger partial charge is 0.141 e. The third kappa shape index (κ3) is 3.41. The van der Waals surface area contributed by atoms with Crippen LogP contribution in [-0.4, -0.2) is 19.6 Å². The molecule has 0 spiro atoms. The second-order valence-electron chi connectivity index (χ2n) is 8.85. The summed E-state index contributed by atoms with van der Waals surface area (Å²) in [7, 11) is 0. The molecule has 0 unspecified atom stereocenters. The Labute approximate surface area is 212 Å². The van der Waals surface area contributed by atoms with Gasteiger partial charge < -0.3 is 9.67 Å². The van der Waals surface area contributed by atoms with Gasteiger partial charge in [0.2, 0.25) is 0 Å². The first-order valence-corrected chi connectivity index (χ1v) is 11.0. The average molecular weight is 624 g/mol. The van der Waals surface area contributed by atoms with Crippen molar-refractivity contribution in [3.05, 3.63) is 108 Å². The van der Waals surface area contributed by atoms with E-state index in [0.717, 1.165) is 38.9 Å². The van der Waals surface area contributed by atoms with Crippen molar-refractivity contribution >= 4 is 32.7 Å². The second-order valence-corrected chi connectivity index (χ2v) is 8.85. The van der Waals surface area contributed by atoms with Gasteiger partial charge in [-0.3, -0.25) is 0 Å². The molecule has 0 radical (unpaired) electrons. The third-order valence-electron chi connectivity index (χ3n) is 6.47. The number of nitrogens with zero attached hydrogens (tertiary/aromatic N) is 3. The van der Waals surface area contributed by atoms with Gasteiger partial charge in [0.05, 0.1) is 0 Å². The van der Waals surface area contributed by atoms with E-state index < -0.39 is 5.41 Å². The molecule has 0 aliphatic rings. The number of phenols is 1. The number of benzene rings is 3. The summed E-state index contributed by atoms with van der Waals surface area (Å²) >= 11 is 0. The number of pyridine rings is 2. The third-order valence-corrected chi connectivity index (χ3v) is 6.47. The summed E-state index contributed by atoms with van der Waals surface area (Å²) in [6, 6.07) is 31.9. The van der Waals surface area contributed by atoms with Gasteiger partial charge in [0.1, 0.15) is 17.1 Å². The van der Waals surface area contributed by atoms with Gasteiger partial charge >= 0.3 is 0 Å². The Morgan fingerprint density at radius 1 is 0.824 bits per heavy atom. The van der Waals surface area contributed by atoms with E-state index in [4.69, 9.17) is 4.98 Å². The fraction of sp³-hybridized carbons (Fsp3) is 0.103. The quantitative estimate of drug-likeness (QED) is 0.228. The Hall–Kier alpha value is -3.49. The van der Waals surface area contributed by atoms with Gasteiger partial charge in [0.15, 0.2) is 0 Å². The van der Waals surface area contributed by atoms with Crippen molar-refractivity contribution in [2.75, 3.05) is 0 Å². The second kappa shape index (κ2) is 8.38. The van der Waals surface area contributed by atoms with Crippen LogP contribution in [0.2, 0.25) is 0 Å². The number of hydrogen-bond acceptors (Lipinski definition) is 3. The van der Waals surface area contributed by atoms with Gasteiger partial charge in [-0.05, 0) is 35.7 Å². The summed E-state index contributed by atoms with van der Waals surface area (Å²) in [4.78, 5) is 9.46. The number of hydrogen-bond donors (Lipinski definition) is 1. The van der Waals surface area contributed by atoms with Crippen molar-refractivity contribution in [1.29, 1.82) is 0 Å². The topological polar surface area (TPSA) is 50.9 Å². The molecule has 0 fully saturated rings. The molecule has 0 bridgehead atoms. The van der Waals surface area contributed by atoms with Crippen molar-refractivity contribution in [3.8, 4) is 11.6 Å². The molecule has 34 heavy (non-hydrogen) atoms. The molecule has 6 rings (SSSR count). The minimum atomic E-state index is -0.421. The Morgan fingerprint density at radius 2 is 1.65 bits per heavy atom. The molecule has 3 aromatic heterocycles. The first-order valence-electron chi connectivity index (χ1n) is 11.0. The summed E-state index contributed by atoms with van der Waals surface area (Å²) in [6.07, 6.45) is 1.81. The number of phenolic OH excluding ortho intramolecular Hbond substituents is 1. The van der Waals surface area contributed by atoms with Crippen molar-refractivity contribution in [2.24, 2.45) is 0 Å². The number of para-hydroxylation sites is 2. The Morgan fingerprint density at radius 3 is 2.47 bits per heavy atom. The van der Waals surface area contributed by atoms with E-state index in [9.17, 15) is 5.11 Å². The monoisotopic (exact) mass is 623 g/mol. The van der Waals surface area contributed by atoms with Crippen molar-refractivity contribution in [3.63, 3.8) is 0 Å². The molecule has 170 valence electrons. The van der Waals surface area contributed by atoms with Crippen LogP contribution in [0, 0.1) is 6.07 Å². The largest absolute Gasteiger partial charge is 0.506 e. The summed E-state index contributed by atoms with van der Waals surface area (Å²) in [5.74, 6) is 1.06. The van der Waals surface area contributed by atoms with E-state index in [-0.39, 0.29) is 26.8 Å². The Kier molecular flexibility index (Phi) is 5.50. The predicted molar refractivity (Wildman–Crippen MR) is 133 cm³/mol. The predicted octanol–water partition coefficient (Wildman–Crippen LogP) is 6.56. The zero-order valence-electron chi connectivity index (χ0n) is 18.8. The first kappa shape index (κ1) is 22.3. The molecule has 4 nitrogen and oxygen atoms in total. The fourth-order valence-corrected chi connectivity index (χ4v) is 4.60. The van der Waals surface area contributed by atoms with E-state index in [2.05, 4.69) is 65.9 Å². The molecule has 0 aliphatic carbocycles. The van der Waals surface area contributed by atoms with Crippen molar-refractivity contribution in [2.45, 2.75) is 19.3 Å². The first-order chi connectivity index (χ1) is 16.0. The Balaban J connectivity index is 0.00000241. The molecule has 1 N–H and O–H groups in total. The maximum atomic E-state index is 10.3. The number of rotatable bonds is 3. The van der Waals surface area contributed by atoms with Crippen molar-refractivity contribution in [1.82, 2.24) is 14.5 Å². The van der Waals surface area contributed by atoms with Gasteiger partial charge in [-0.2, -0.15) is 18.2 Å². The molecule has 3 aromatic carbocycles. The van der Waals surface area contributed by atoms with E-state index >= 15 is 0 Å². The van der Waals surface area contributed by atoms with E-state index in [0.29, 0.717) is 5.52 Å². The molecule has 0 saturated heterocycles. The SMILES string of the molecule is CC(C)(c1[c-]c2c(cc1)c1ccccc1n2-c1ccccn1)c1ccc2cccc(O)c2n1.[Pt]. The minimum Gasteiger partial charge on any atom is -0.506 e. The summed E-state index contributed by atoms with van der Waals surface area (Å²) in [5, 5.41) is 13.6. The standard InChI is InChI=1S/C29H22N3O.Pt/c1-29(2,26-16-13-19-8-7-11-25(33)28(19)31-26)20-14-15-22-21-9-3-4-10-23(21)32(24(22)18-20)27-12-5-6-17-30-27;/h3-17,33H,1-2H3;/q-1;. The number of aromatic nitrogens is 3. The maximum absolute atomic E-state index is 10.3. The summed E-state index contributed by atoms with van der Waals surface area (Å²) < 4.78 is 2.17. The average Bonchev–Trinajstić information content (AvgIpc) is 3.18. The van der Waals surface area contributed by atoms with Gasteiger partial charge in [-0.25, -0.2) is 9.97 Å². The number of fused-ring (bicyclic) bond motifs is 4. The van der Waals surface area contributed by atoms with Crippen LogP contribution in [0.5, 0.6) is 5.75 Å². The van der Waals surface area contributed by atoms with Crippen LogP contribution in [0.15, 0.2) is 91.1 Å². The molecular formula is C29H22N3OPt-. The number of aromatic hydroxyl groups is 1. The van der Waals surface area contributed by atoms with Crippen LogP contribution >= 0.6 is 0 Å². The van der Waals surface area contributed by atoms with Crippen LogP contribution in [0.1, 0.15) is 25.1 Å². The van der Waals surface area contributed by atoms with Gasteiger partial charge in [0, 0.05) is 49.3 Å². The zero-order valence-corrected chi connectivity index (χ0v) is 21.0. The molecule has 0 amide bonds. The van der Waals surface area contributed by atoms with E-state index in [1.54, 1.807) is 6.07 Å². The molecule has 3 heterocycles. The summed E-state index contributed by atoms with van der Waals surface area (Å²) in [5.41, 5.74) is 4.20. The maximum Gasteiger partial charge on any atom is 0.141 e. The van der Waals surface area contributed by atoms with Crippen LogP contribution < -0.4 is 0 Å². The van der Waals surface area contributed by atoms with Gasteiger partial charge in [0.25, 0.3) is 0 Å². The summed E-state index contributed by atoms with van der Waals surface area (Å²) in [6.45, 7) is 4.29. The van der Waals surface area contributed by atoms with Crippen LogP contribution in [0.3, 0.4) is 0 Å². The molecule has 0 atom stereocenters. The molecule has 6 aromatic rings. The minimum absolute atomic E-state index is 0.